The number of nitrogens with one attached hydrogen (secondary N) is 1. The molecule has 1 saturated heterocycles. The van der Waals surface area contributed by atoms with Crippen molar-refractivity contribution < 1.29 is 4.92 Å². The second-order valence-corrected chi connectivity index (χ2v) is 7.28. The van der Waals surface area contributed by atoms with Crippen molar-refractivity contribution in [3.05, 3.63) is 39.4 Å². The van der Waals surface area contributed by atoms with Gasteiger partial charge in [-0.3, -0.25) is 10.1 Å². The Labute approximate surface area is 156 Å². The summed E-state index contributed by atoms with van der Waals surface area (Å²) in [5.41, 5.74) is 6.19. The van der Waals surface area contributed by atoms with Crippen molar-refractivity contribution in [2.45, 2.75) is 20.3 Å². The van der Waals surface area contributed by atoms with E-state index in [0.29, 0.717) is 28.5 Å². The maximum absolute atomic E-state index is 11.4. The lowest BCUT2D eigenvalue weighted by molar-refractivity contribution is -0.383. The molecule has 0 spiro atoms. The number of nitrogen functional groups attached to an aromatic ring is 1. The molecule has 1 aliphatic heterocycles. The molecule has 1 aliphatic rings. The fourth-order valence-corrected chi connectivity index (χ4v) is 3.49. The minimum atomic E-state index is -0.571. The molecule has 2 heterocycles. The van der Waals surface area contributed by atoms with Crippen LogP contribution in [0.15, 0.2) is 24.3 Å². The highest BCUT2D eigenvalue weighted by atomic mass is 35.5. The van der Waals surface area contributed by atoms with Gasteiger partial charge in [0.05, 0.1) is 4.92 Å². The number of nitro groups is 1. The quantitative estimate of drug-likeness (QED) is 0.615. The minimum absolute atomic E-state index is 0.0747. The van der Waals surface area contributed by atoms with E-state index in [0.717, 1.165) is 19.5 Å². The number of rotatable bonds is 4. The SMILES string of the molecule is CC1CC(C)CN(c2nc(N)c([N+](=O)[O-])c(Nc3ccc(Cl)cc3)n2)C1. The maximum Gasteiger partial charge on any atom is 0.353 e. The summed E-state index contributed by atoms with van der Waals surface area (Å²) in [6, 6.07) is 6.81. The van der Waals surface area contributed by atoms with Gasteiger partial charge in [0.15, 0.2) is 0 Å². The number of benzene rings is 1. The predicted molar refractivity (Wildman–Crippen MR) is 103 cm³/mol. The van der Waals surface area contributed by atoms with Crippen LogP contribution in [0.1, 0.15) is 20.3 Å². The lowest BCUT2D eigenvalue weighted by Crippen LogP contribution is -2.39. The highest BCUT2D eigenvalue weighted by Crippen LogP contribution is 2.34. The summed E-state index contributed by atoms with van der Waals surface area (Å²) >= 11 is 5.89. The zero-order valence-electron chi connectivity index (χ0n) is 14.6. The molecule has 9 heteroatoms. The molecule has 2 unspecified atom stereocenters. The molecule has 0 saturated carbocycles. The Hall–Kier alpha value is -2.61. The molecule has 3 rings (SSSR count). The van der Waals surface area contributed by atoms with Crippen molar-refractivity contribution in [2.24, 2.45) is 11.8 Å². The largest absolute Gasteiger partial charge is 0.378 e. The van der Waals surface area contributed by atoms with Crippen LogP contribution in [0.5, 0.6) is 0 Å². The van der Waals surface area contributed by atoms with Crippen LogP contribution in [0.2, 0.25) is 5.02 Å². The summed E-state index contributed by atoms with van der Waals surface area (Å²) in [5.74, 6) is 1.31. The minimum Gasteiger partial charge on any atom is -0.378 e. The van der Waals surface area contributed by atoms with Crippen LogP contribution in [0.4, 0.5) is 29.0 Å². The normalized spacial score (nSPS) is 20.0. The first-order valence-electron chi connectivity index (χ1n) is 8.43. The molecule has 1 aromatic carbocycles. The van der Waals surface area contributed by atoms with Gasteiger partial charge in [0.2, 0.25) is 17.6 Å². The molecule has 0 radical (unpaired) electrons. The molecular weight excluding hydrogens is 356 g/mol. The van der Waals surface area contributed by atoms with Gasteiger partial charge in [0.25, 0.3) is 0 Å². The molecule has 26 heavy (non-hydrogen) atoms. The van der Waals surface area contributed by atoms with Crippen molar-refractivity contribution in [1.82, 2.24) is 9.97 Å². The first-order chi connectivity index (χ1) is 12.3. The summed E-state index contributed by atoms with van der Waals surface area (Å²) in [6.45, 7) is 5.93. The van der Waals surface area contributed by atoms with Crippen LogP contribution < -0.4 is 16.0 Å². The van der Waals surface area contributed by atoms with Crippen LogP contribution >= 0.6 is 11.6 Å². The van der Waals surface area contributed by atoms with Gasteiger partial charge in [-0.2, -0.15) is 9.97 Å². The molecular formula is C17H21ClN6O2. The van der Waals surface area contributed by atoms with E-state index in [2.05, 4.69) is 29.1 Å². The number of hydrogen-bond donors (Lipinski definition) is 2. The van der Waals surface area contributed by atoms with E-state index in [1.54, 1.807) is 24.3 Å². The fraction of sp³-hybridized carbons (Fsp3) is 0.412. The third kappa shape index (κ3) is 3.96. The molecule has 1 aromatic heterocycles. The van der Waals surface area contributed by atoms with Crippen molar-refractivity contribution in [1.29, 1.82) is 0 Å². The molecule has 2 atom stereocenters. The van der Waals surface area contributed by atoms with Crippen LogP contribution in [-0.2, 0) is 0 Å². The number of nitrogens with zero attached hydrogens (tertiary/aromatic N) is 4. The molecule has 1 fully saturated rings. The summed E-state index contributed by atoms with van der Waals surface area (Å²) in [4.78, 5) is 21.5. The van der Waals surface area contributed by atoms with Gasteiger partial charge in [0, 0.05) is 23.8 Å². The summed E-state index contributed by atoms with van der Waals surface area (Å²) < 4.78 is 0. The number of hydrogen-bond acceptors (Lipinski definition) is 7. The average Bonchev–Trinajstić information content (AvgIpc) is 2.55. The second-order valence-electron chi connectivity index (χ2n) is 6.85. The van der Waals surface area contributed by atoms with E-state index in [1.807, 2.05) is 4.90 Å². The van der Waals surface area contributed by atoms with Gasteiger partial charge in [-0.15, -0.1) is 0 Å². The first-order valence-corrected chi connectivity index (χ1v) is 8.80. The number of anilines is 4. The van der Waals surface area contributed by atoms with Crippen LogP contribution in [0, 0.1) is 22.0 Å². The average molecular weight is 377 g/mol. The third-order valence-corrected chi connectivity index (χ3v) is 4.59. The molecule has 0 aliphatic carbocycles. The zero-order chi connectivity index (χ0) is 18.8. The van der Waals surface area contributed by atoms with Crippen molar-refractivity contribution in [3.8, 4) is 0 Å². The number of nitrogens with two attached hydrogens (primary N) is 1. The Balaban J connectivity index is 1.99. The number of aromatic nitrogens is 2. The molecule has 0 bridgehead atoms. The molecule has 3 N–H and O–H groups in total. The van der Waals surface area contributed by atoms with Crippen molar-refractivity contribution >= 4 is 40.6 Å². The van der Waals surface area contributed by atoms with Gasteiger partial charge in [0.1, 0.15) is 0 Å². The topological polar surface area (TPSA) is 110 Å². The first kappa shape index (κ1) is 18.2. The van der Waals surface area contributed by atoms with Gasteiger partial charge in [-0.05, 0) is 42.5 Å². The molecule has 2 aromatic rings. The summed E-state index contributed by atoms with van der Waals surface area (Å²) in [6.07, 6.45) is 1.13. The number of piperidine rings is 1. The Kier molecular flexibility index (Phi) is 5.13. The van der Waals surface area contributed by atoms with E-state index in [4.69, 9.17) is 17.3 Å². The molecule has 0 amide bonds. The predicted octanol–water partition coefficient (Wildman–Crippen LogP) is 3.85. The molecule has 8 nitrogen and oxygen atoms in total. The van der Waals surface area contributed by atoms with Gasteiger partial charge in [-0.25, -0.2) is 0 Å². The Morgan fingerprint density at radius 1 is 1.23 bits per heavy atom. The third-order valence-electron chi connectivity index (χ3n) is 4.34. The Morgan fingerprint density at radius 2 is 1.85 bits per heavy atom. The monoisotopic (exact) mass is 376 g/mol. The van der Waals surface area contributed by atoms with Crippen molar-refractivity contribution in [2.75, 3.05) is 29.0 Å². The standard InChI is InChI=1S/C17H21ClN6O2/c1-10-7-11(2)9-23(8-10)17-21-15(19)14(24(25)26)16(22-17)20-13-5-3-12(18)4-6-13/h3-6,10-11H,7-9H2,1-2H3,(H3,19,20,21,22). The van der Waals surface area contributed by atoms with Crippen LogP contribution in [0.25, 0.3) is 0 Å². The second kappa shape index (κ2) is 7.33. The van der Waals surface area contributed by atoms with E-state index >= 15 is 0 Å². The van der Waals surface area contributed by atoms with Gasteiger partial charge < -0.3 is 16.0 Å². The van der Waals surface area contributed by atoms with E-state index < -0.39 is 4.92 Å². The van der Waals surface area contributed by atoms with Crippen LogP contribution in [-0.4, -0.2) is 28.0 Å². The number of halogens is 1. The maximum atomic E-state index is 11.4. The van der Waals surface area contributed by atoms with E-state index in [-0.39, 0.29) is 17.3 Å². The Morgan fingerprint density at radius 3 is 2.42 bits per heavy atom. The van der Waals surface area contributed by atoms with Crippen LogP contribution in [0.3, 0.4) is 0 Å². The summed E-state index contributed by atoms with van der Waals surface area (Å²) in [7, 11) is 0. The molecule has 138 valence electrons. The van der Waals surface area contributed by atoms with Crippen molar-refractivity contribution in [3.63, 3.8) is 0 Å². The fourth-order valence-electron chi connectivity index (χ4n) is 3.36. The van der Waals surface area contributed by atoms with E-state index in [1.165, 1.54) is 0 Å². The highest BCUT2D eigenvalue weighted by Gasteiger charge is 2.28. The lowest BCUT2D eigenvalue weighted by Gasteiger charge is -2.35. The lowest BCUT2D eigenvalue weighted by atomic mass is 9.92. The van der Waals surface area contributed by atoms with E-state index in [9.17, 15) is 10.1 Å². The smallest absolute Gasteiger partial charge is 0.353 e. The Bertz CT molecular complexity index is 804. The van der Waals surface area contributed by atoms with Gasteiger partial charge in [-0.1, -0.05) is 25.4 Å². The zero-order valence-corrected chi connectivity index (χ0v) is 15.4. The van der Waals surface area contributed by atoms with Gasteiger partial charge >= 0.3 is 5.69 Å². The highest BCUT2D eigenvalue weighted by molar-refractivity contribution is 6.30. The summed E-state index contributed by atoms with van der Waals surface area (Å²) in [5, 5.41) is 15.0.